The molecule has 7 heteroatoms. The summed E-state index contributed by atoms with van der Waals surface area (Å²) in [6.45, 7) is 5.84. The molecule has 0 spiro atoms. The molecular formula is C18H19N3O3S. The molecule has 130 valence electrons. The lowest BCUT2D eigenvalue weighted by molar-refractivity contribution is 0.0763. The number of benzene rings is 1. The van der Waals surface area contributed by atoms with Gasteiger partial charge in [-0.15, -0.1) is 11.3 Å². The van der Waals surface area contributed by atoms with Gasteiger partial charge in [-0.05, 0) is 26.3 Å². The van der Waals surface area contributed by atoms with E-state index in [2.05, 4.69) is 10.3 Å². The quantitative estimate of drug-likeness (QED) is 0.839. The van der Waals surface area contributed by atoms with E-state index in [1.807, 2.05) is 43.5 Å². The third-order valence-corrected chi connectivity index (χ3v) is 4.26. The number of aromatic nitrogens is 1. The maximum absolute atomic E-state index is 11.8. The minimum atomic E-state index is -0.733. The highest BCUT2D eigenvalue weighted by molar-refractivity contribution is 7.07. The van der Waals surface area contributed by atoms with Crippen LogP contribution in [0.2, 0.25) is 0 Å². The Morgan fingerprint density at radius 2 is 2.20 bits per heavy atom. The number of hydrogen-bond acceptors (Lipinski definition) is 7. The number of thiazole rings is 1. The summed E-state index contributed by atoms with van der Waals surface area (Å²) >= 11 is 1.50. The minimum Gasteiger partial charge on any atom is -0.434 e. The van der Waals surface area contributed by atoms with Crippen molar-refractivity contribution >= 4 is 23.3 Å². The third kappa shape index (κ3) is 3.88. The van der Waals surface area contributed by atoms with Crippen LogP contribution in [0.25, 0.3) is 0 Å². The summed E-state index contributed by atoms with van der Waals surface area (Å²) in [5.41, 5.74) is 5.27. The number of aliphatic imine (C=N–C) groups is 1. The zero-order valence-corrected chi connectivity index (χ0v) is 15.1. The average Bonchev–Trinajstić information content (AvgIpc) is 3.11. The summed E-state index contributed by atoms with van der Waals surface area (Å²) in [7, 11) is 0. The number of nitrogens with one attached hydrogen (secondary N) is 1. The van der Waals surface area contributed by atoms with Crippen molar-refractivity contribution in [3.8, 4) is 0 Å². The summed E-state index contributed by atoms with van der Waals surface area (Å²) in [4.78, 5) is 20.9. The molecule has 1 unspecified atom stereocenters. The SMILES string of the molecule is CCOC(=O)OC1=C(C)NC(c2cscn2)=NC1c1cccc(C)c1. The number of amidine groups is 1. The number of ether oxygens (including phenoxy) is 2. The second-order valence-electron chi connectivity index (χ2n) is 5.57. The van der Waals surface area contributed by atoms with Crippen molar-refractivity contribution in [1.29, 1.82) is 0 Å². The van der Waals surface area contributed by atoms with Crippen LogP contribution >= 0.6 is 11.3 Å². The van der Waals surface area contributed by atoms with Gasteiger partial charge in [-0.25, -0.2) is 14.8 Å². The molecule has 1 aromatic carbocycles. The lowest BCUT2D eigenvalue weighted by Gasteiger charge is -2.25. The van der Waals surface area contributed by atoms with E-state index in [1.54, 1.807) is 12.4 Å². The first kappa shape index (κ1) is 17.2. The third-order valence-electron chi connectivity index (χ3n) is 3.67. The number of hydrogen-bond donors (Lipinski definition) is 1. The van der Waals surface area contributed by atoms with Crippen molar-refractivity contribution in [2.45, 2.75) is 26.8 Å². The predicted molar refractivity (Wildman–Crippen MR) is 96.5 cm³/mol. The molecule has 0 fully saturated rings. The van der Waals surface area contributed by atoms with Gasteiger partial charge in [-0.1, -0.05) is 29.8 Å². The summed E-state index contributed by atoms with van der Waals surface area (Å²) < 4.78 is 10.4. The van der Waals surface area contributed by atoms with Crippen LogP contribution in [0.15, 0.2) is 51.6 Å². The van der Waals surface area contributed by atoms with E-state index in [-0.39, 0.29) is 6.61 Å². The Morgan fingerprint density at radius 1 is 1.36 bits per heavy atom. The molecule has 0 radical (unpaired) electrons. The van der Waals surface area contributed by atoms with Crippen LogP contribution in [0.4, 0.5) is 4.79 Å². The van der Waals surface area contributed by atoms with Crippen LogP contribution in [-0.4, -0.2) is 23.6 Å². The Labute approximate surface area is 150 Å². The molecule has 0 bridgehead atoms. The lowest BCUT2D eigenvalue weighted by Crippen LogP contribution is -2.31. The fraction of sp³-hybridized carbons (Fsp3) is 0.278. The molecule has 6 nitrogen and oxygen atoms in total. The second-order valence-corrected chi connectivity index (χ2v) is 6.29. The maximum Gasteiger partial charge on any atom is 0.513 e. The van der Waals surface area contributed by atoms with Gasteiger partial charge in [0.2, 0.25) is 0 Å². The standard InChI is InChI=1S/C18H19N3O3S/c1-4-23-18(22)24-16-12(3)20-17(14-9-25-10-19-14)21-15(16)13-7-5-6-11(2)8-13/h5-10,15H,4H2,1-3H3,(H,20,21). The van der Waals surface area contributed by atoms with Crippen molar-refractivity contribution in [2.24, 2.45) is 4.99 Å². The number of rotatable bonds is 4. The molecule has 1 aliphatic heterocycles. The maximum atomic E-state index is 11.8. The van der Waals surface area contributed by atoms with E-state index >= 15 is 0 Å². The van der Waals surface area contributed by atoms with E-state index in [0.29, 0.717) is 17.3 Å². The van der Waals surface area contributed by atoms with Crippen molar-refractivity contribution in [3.63, 3.8) is 0 Å². The topological polar surface area (TPSA) is 72.8 Å². The molecular weight excluding hydrogens is 338 g/mol. The molecule has 0 saturated carbocycles. The zero-order valence-electron chi connectivity index (χ0n) is 14.3. The number of nitrogens with zero attached hydrogens (tertiary/aromatic N) is 2. The van der Waals surface area contributed by atoms with Crippen LogP contribution in [-0.2, 0) is 9.47 Å². The van der Waals surface area contributed by atoms with Gasteiger partial charge < -0.3 is 14.8 Å². The second kappa shape index (κ2) is 7.48. The first-order chi connectivity index (χ1) is 12.1. The van der Waals surface area contributed by atoms with E-state index < -0.39 is 12.2 Å². The summed E-state index contributed by atoms with van der Waals surface area (Å²) in [5, 5.41) is 5.09. The highest BCUT2D eigenvalue weighted by Gasteiger charge is 2.29. The van der Waals surface area contributed by atoms with Crippen molar-refractivity contribution < 1.29 is 14.3 Å². The monoisotopic (exact) mass is 357 g/mol. The Kier molecular flexibility index (Phi) is 5.14. The van der Waals surface area contributed by atoms with Crippen LogP contribution in [0.3, 0.4) is 0 Å². The van der Waals surface area contributed by atoms with Gasteiger partial charge in [0.25, 0.3) is 0 Å². The average molecular weight is 357 g/mol. The van der Waals surface area contributed by atoms with Gasteiger partial charge in [0.15, 0.2) is 11.6 Å². The Morgan fingerprint density at radius 3 is 2.88 bits per heavy atom. The molecule has 0 amide bonds. The van der Waals surface area contributed by atoms with Crippen molar-refractivity contribution in [2.75, 3.05) is 6.61 Å². The predicted octanol–water partition coefficient (Wildman–Crippen LogP) is 3.95. The largest absolute Gasteiger partial charge is 0.513 e. The molecule has 3 rings (SSSR count). The first-order valence-electron chi connectivity index (χ1n) is 7.93. The fourth-order valence-electron chi connectivity index (χ4n) is 2.56. The van der Waals surface area contributed by atoms with Gasteiger partial charge in [-0.3, -0.25) is 0 Å². The van der Waals surface area contributed by atoms with Gasteiger partial charge in [-0.2, -0.15) is 0 Å². The summed E-state index contributed by atoms with van der Waals surface area (Å²) in [6.07, 6.45) is -0.733. The number of aryl methyl sites for hydroxylation is 1. The molecule has 1 aliphatic rings. The van der Waals surface area contributed by atoms with Gasteiger partial charge in [0.05, 0.1) is 17.8 Å². The summed E-state index contributed by atoms with van der Waals surface area (Å²) in [5.74, 6) is 1.09. The Balaban J connectivity index is 2.00. The lowest BCUT2D eigenvalue weighted by atomic mass is 10.0. The fourth-order valence-corrected chi connectivity index (χ4v) is 3.10. The molecule has 25 heavy (non-hydrogen) atoms. The van der Waals surface area contributed by atoms with Crippen LogP contribution in [0.1, 0.15) is 36.7 Å². The molecule has 1 atom stereocenters. The van der Waals surface area contributed by atoms with Crippen LogP contribution in [0, 0.1) is 6.92 Å². The Hall–Kier alpha value is -2.67. The number of carbonyl (C=O) groups excluding carboxylic acids is 1. The van der Waals surface area contributed by atoms with Crippen LogP contribution < -0.4 is 5.32 Å². The first-order valence-corrected chi connectivity index (χ1v) is 8.88. The molecule has 2 aromatic rings. The van der Waals surface area contributed by atoms with Crippen molar-refractivity contribution in [1.82, 2.24) is 10.3 Å². The Bertz CT molecular complexity index is 828. The van der Waals surface area contributed by atoms with Gasteiger partial charge >= 0.3 is 6.16 Å². The highest BCUT2D eigenvalue weighted by atomic mass is 32.1. The smallest absolute Gasteiger partial charge is 0.434 e. The molecule has 2 heterocycles. The van der Waals surface area contributed by atoms with E-state index in [1.165, 1.54) is 11.3 Å². The van der Waals surface area contributed by atoms with Gasteiger partial charge in [0.1, 0.15) is 11.7 Å². The summed E-state index contributed by atoms with van der Waals surface area (Å²) in [6, 6.07) is 7.52. The molecule has 0 aliphatic carbocycles. The number of allylic oxidation sites excluding steroid dienone is 1. The normalized spacial score (nSPS) is 16.9. The number of carbonyl (C=O) groups is 1. The molecule has 1 aromatic heterocycles. The molecule has 1 N–H and O–H groups in total. The van der Waals surface area contributed by atoms with E-state index in [0.717, 1.165) is 16.8 Å². The van der Waals surface area contributed by atoms with Crippen LogP contribution in [0.5, 0.6) is 0 Å². The highest BCUT2D eigenvalue weighted by Crippen LogP contribution is 2.32. The van der Waals surface area contributed by atoms with E-state index in [9.17, 15) is 4.79 Å². The molecule has 0 saturated heterocycles. The van der Waals surface area contributed by atoms with Gasteiger partial charge in [0, 0.05) is 5.38 Å². The van der Waals surface area contributed by atoms with Crippen molar-refractivity contribution in [3.05, 3.63) is 63.4 Å². The zero-order chi connectivity index (χ0) is 17.8. The van der Waals surface area contributed by atoms with E-state index in [4.69, 9.17) is 14.5 Å². The minimum absolute atomic E-state index is 0.251.